The summed E-state index contributed by atoms with van der Waals surface area (Å²) < 4.78 is 25.1. The van der Waals surface area contributed by atoms with Gasteiger partial charge in [-0.3, -0.25) is 5.26 Å². The van der Waals surface area contributed by atoms with Gasteiger partial charge in [-0.1, -0.05) is 38.1 Å². The molecule has 0 amide bonds. The molecule has 1 atom stereocenters. The van der Waals surface area contributed by atoms with Crippen molar-refractivity contribution in [2.45, 2.75) is 31.4 Å². The molecule has 2 rings (SSSR count). The third-order valence-corrected chi connectivity index (χ3v) is 5.28. The molecule has 0 aromatic heterocycles. The number of nitrogens with zero attached hydrogens (tertiary/aromatic N) is 1. The minimum atomic E-state index is -3.52. The summed E-state index contributed by atoms with van der Waals surface area (Å²) in [6.45, 7) is 4.00. The maximum absolute atomic E-state index is 12.5. The molecule has 0 aliphatic rings. The summed E-state index contributed by atoms with van der Waals surface area (Å²) in [6.07, 6.45) is -0.995. The van der Waals surface area contributed by atoms with Gasteiger partial charge in [-0.2, -0.15) is 0 Å². The van der Waals surface area contributed by atoms with Crippen LogP contribution in [0.5, 0.6) is 0 Å². The lowest BCUT2D eigenvalue weighted by molar-refractivity contribution is -0.277. The number of fused-ring (bicyclic) bond motifs is 1. The summed E-state index contributed by atoms with van der Waals surface area (Å²) in [5, 5.41) is 9.99. The predicted octanol–water partition coefficient (Wildman–Crippen LogP) is 2.87. The van der Waals surface area contributed by atoms with Crippen LogP contribution in [0.3, 0.4) is 0 Å². The molecule has 134 valence electrons. The Balaban J connectivity index is 0.00000139. The number of benzene rings is 2. The van der Waals surface area contributed by atoms with Crippen LogP contribution >= 0.6 is 0 Å². The normalized spacial score (nSPS) is 12.4. The van der Waals surface area contributed by atoms with E-state index >= 15 is 0 Å². The molecule has 0 radical (unpaired) electrons. The number of nitrogens with two attached hydrogens (primary N) is 1. The van der Waals surface area contributed by atoms with E-state index in [0.29, 0.717) is 5.39 Å². The summed E-state index contributed by atoms with van der Waals surface area (Å²) in [5.74, 6) is -0.194. The Morgan fingerprint density at radius 3 is 2.29 bits per heavy atom. The number of anilines is 1. The average Bonchev–Trinajstić information content (AvgIpc) is 2.60. The van der Waals surface area contributed by atoms with Gasteiger partial charge in [-0.05, 0) is 12.1 Å². The van der Waals surface area contributed by atoms with Gasteiger partial charge >= 0.3 is 0 Å². The Hall–Kier alpha value is -1.67. The Morgan fingerprint density at radius 1 is 1.12 bits per heavy atom. The van der Waals surface area contributed by atoms with Crippen molar-refractivity contribution >= 4 is 26.3 Å². The van der Waals surface area contributed by atoms with Crippen LogP contribution in [0.2, 0.25) is 0 Å². The van der Waals surface area contributed by atoms with E-state index < -0.39 is 16.1 Å². The second-order valence-corrected chi connectivity index (χ2v) is 7.35. The zero-order valence-electron chi connectivity index (χ0n) is 14.6. The molecule has 0 saturated carbocycles. The molecular weight excluding hydrogens is 328 g/mol. The van der Waals surface area contributed by atoms with Gasteiger partial charge in [0.05, 0.1) is 10.6 Å². The van der Waals surface area contributed by atoms with E-state index in [2.05, 4.69) is 4.89 Å². The fourth-order valence-corrected chi connectivity index (χ4v) is 3.92. The minimum absolute atomic E-state index is 0.0165. The lowest BCUT2D eigenvalue weighted by Crippen LogP contribution is -2.25. The fourth-order valence-electron chi connectivity index (χ4n) is 2.36. The molecular formula is C17H26N2O4S. The van der Waals surface area contributed by atoms with Crippen LogP contribution in [0, 0.1) is 0 Å². The fraction of sp³-hybridized carbons (Fsp3) is 0.412. The maximum atomic E-state index is 12.5. The number of hydrogen-bond acceptors (Lipinski definition) is 6. The Bertz CT molecular complexity index is 760. The van der Waals surface area contributed by atoms with Crippen LogP contribution < -0.4 is 10.6 Å². The summed E-state index contributed by atoms with van der Waals surface area (Å²) in [6, 6.07) is 10.8. The van der Waals surface area contributed by atoms with Gasteiger partial charge in [-0.25, -0.2) is 13.3 Å². The lowest BCUT2D eigenvalue weighted by Gasteiger charge is -2.17. The van der Waals surface area contributed by atoms with Gasteiger partial charge in [0.2, 0.25) is 0 Å². The van der Waals surface area contributed by atoms with Crippen molar-refractivity contribution in [3.05, 3.63) is 36.4 Å². The monoisotopic (exact) mass is 354 g/mol. The number of hydrogen-bond donors (Lipinski definition) is 2. The van der Waals surface area contributed by atoms with Gasteiger partial charge in [0.25, 0.3) is 0 Å². The van der Waals surface area contributed by atoms with E-state index in [1.165, 1.54) is 0 Å². The van der Waals surface area contributed by atoms with Gasteiger partial charge in [0, 0.05) is 37.0 Å². The summed E-state index contributed by atoms with van der Waals surface area (Å²) in [7, 11) is 0.296. The molecule has 2 aromatic rings. The Kier molecular flexibility index (Phi) is 7.62. The van der Waals surface area contributed by atoms with Gasteiger partial charge in [0.1, 0.15) is 6.23 Å². The minimum Gasteiger partial charge on any atom is -0.377 e. The number of sulfone groups is 1. The average molecular weight is 354 g/mol. The van der Waals surface area contributed by atoms with Crippen LogP contribution in [0.4, 0.5) is 5.69 Å². The van der Waals surface area contributed by atoms with Crippen molar-refractivity contribution in [3.8, 4) is 0 Å². The van der Waals surface area contributed by atoms with Crippen molar-refractivity contribution < 1.29 is 18.6 Å². The molecule has 0 bridgehead atoms. The Labute approximate surface area is 143 Å². The van der Waals surface area contributed by atoms with Gasteiger partial charge in [0.15, 0.2) is 9.84 Å². The molecule has 0 aliphatic heterocycles. The van der Waals surface area contributed by atoms with Crippen LogP contribution in [-0.2, 0) is 14.7 Å². The molecule has 0 spiro atoms. The second kappa shape index (κ2) is 8.98. The van der Waals surface area contributed by atoms with E-state index in [0.717, 1.165) is 11.1 Å². The molecule has 2 aromatic carbocycles. The third-order valence-electron chi connectivity index (χ3n) is 3.48. The van der Waals surface area contributed by atoms with Gasteiger partial charge < -0.3 is 10.6 Å². The molecule has 0 fully saturated rings. The first-order valence-corrected chi connectivity index (χ1v) is 9.49. The van der Waals surface area contributed by atoms with Crippen LogP contribution in [0.25, 0.3) is 10.8 Å². The highest BCUT2D eigenvalue weighted by atomic mass is 32.2. The van der Waals surface area contributed by atoms with E-state index in [1.807, 2.05) is 51.0 Å². The predicted molar refractivity (Wildman–Crippen MR) is 98.0 cm³/mol. The molecule has 6 nitrogen and oxygen atoms in total. The first-order valence-electron chi connectivity index (χ1n) is 7.84. The topological polar surface area (TPSA) is 92.9 Å². The molecule has 3 N–H and O–H groups in total. The van der Waals surface area contributed by atoms with Crippen molar-refractivity contribution in [1.29, 1.82) is 0 Å². The van der Waals surface area contributed by atoms with Crippen LogP contribution in [-0.4, -0.2) is 39.8 Å². The SMILES string of the molecule is CC.CN(C)c1cccc2c(S(=O)(=O)CCC(N)OO)cccc12. The van der Waals surface area contributed by atoms with Crippen LogP contribution in [0.15, 0.2) is 41.3 Å². The second-order valence-electron chi connectivity index (χ2n) is 5.27. The molecule has 0 aliphatic carbocycles. The molecule has 7 heteroatoms. The van der Waals surface area contributed by atoms with E-state index in [-0.39, 0.29) is 17.1 Å². The highest BCUT2D eigenvalue weighted by molar-refractivity contribution is 7.91. The molecule has 24 heavy (non-hydrogen) atoms. The summed E-state index contributed by atoms with van der Waals surface area (Å²) >= 11 is 0. The first kappa shape index (κ1) is 20.4. The smallest absolute Gasteiger partial charge is 0.179 e. The van der Waals surface area contributed by atoms with Crippen molar-refractivity contribution in [3.63, 3.8) is 0 Å². The summed E-state index contributed by atoms with van der Waals surface area (Å²) in [5.41, 5.74) is 6.34. The van der Waals surface area contributed by atoms with E-state index in [9.17, 15) is 8.42 Å². The zero-order chi connectivity index (χ0) is 18.3. The van der Waals surface area contributed by atoms with Crippen LogP contribution in [0.1, 0.15) is 20.3 Å². The maximum Gasteiger partial charge on any atom is 0.179 e. The first-order chi connectivity index (χ1) is 11.4. The standard InChI is InChI=1S/C15H20N2O4S.C2H6/c1-17(2)13-7-3-6-12-11(13)5-4-8-14(12)22(19,20)10-9-15(16)21-18;1-2/h3-8,15,18H,9-10,16H2,1-2H3;1-2H3. The third kappa shape index (κ3) is 4.67. The van der Waals surface area contributed by atoms with E-state index in [4.69, 9.17) is 11.0 Å². The highest BCUT2D eigenvalue weighted by Gasteiger charge is 2.20. The Morgan fingerprint density at radius 2 is 1.71 bits per heavy atom. The molecule has 0 saturated heterocycles. The van der Waals surface area contributed by atoms with Crippen molar-refractivity contribution in [2.75, 3.05) is 24.7 Å². The summed E-state index contributed by atoms with van der Waals surface area (Å²) in [4.78, 5) is 6.13. The molecule has 0 heterocycles. The number of rotatable bonds is 6. The molecule has 1 unspecified atom stereocenters. The van der Waals surface area contributed by atoms with Crippen molar-refractivity contribution in [2.24, 2.45) is 5.73 Å². The van der Waals surface area contributed by atoms with E-state index in [1.54, 1.807) is 18.2 Å². The largest absolute Gasteiger partial charge is 0.377 e. The van der Waals surface area contributed by atoms with Gasteiger partial charge in [-0.15, -0.1) is 0 Å². The quantitative estimate of drug-likeness (QED) is 0.471. The zero-order valence-corrected chi connectivity index (χ0v) is 15.4. The van der Waals surface area contributed by atoms with Crippen molar-refractivity contribution in [1.82, 2.24) is 0 Å². The lowest BCUT2D eigenvalue weighted by atomic mass is 10.1. The highest BCUT2D eigenvalue weighted by Crippen LogP contribution is 2.30.